The Morgan fingerprint density at radius 3 is 2.33 bits per heavy atom. The van der Waals surface area contributed by atoms with Gasteiger partial charge in [-0.2, -0.15) is 4.31 Å². The molecule has 0 saturated carbocycles. The Hall–Kier alpha value is -1.78. The zero-order chi connectivity index (χ0) is 18.1. The van der Waals surface area contributed by atoms with Gasteiger partial charge in [0.2, 0.25) is 5.03 Å². The molecule has 0 atom stereocenters. The number of nitrogens with zero attached hydrogens (tertiary/aromatic N) is 3. The summed E-state index contributed by atoms with van der Waals surface area (Å²) in [5.41, 5.74) is 0.475. The summed E-state index contributed by atoms with van der Waals surface area (Å²) in [4.78, 5) is 3.76. The standard InChI is InChI=1S/C13H13ClF3N3O3S/c1-19-8-18-12(11(19)14)24(21,22)20(2)7-9-3-5-10(6-4-9)23-13(15,16)17/h3-6,8H,7H2,1-2H3. The molecule has 0 aliphatic rings. The van der Waals surface area contributed by atoms with Crippen molar-refractivity contribution in [1.29, 1.82) is 0 Å². The molecule has 11 heteroatoms. The second-order valence-electron chi connectivity index (χ2n) is 4.90. The molecule has 0 aliphatic carbocycles. The van der Waals surface area contributed by atoms with E-state index in [1.165, 1.54) is 30.1 Å². The summed E-state index contributed by atoms with van der Waals surface area (Å²) >= 11 is 5.89. The molecule has 0 radical (unpaired) electrons. The third-order valence-electron chi connectivity index (χ3n) is 3.05. The number of hydrogen-bond acceptors (Lipinski definition) is 4. The molecular weight excluding hydrogens is 371 g/mol. The summed E-state index contributed by atoms with van der Waals surface area (Å²) in [6, 6.07) is 4.90. The molecule has 0 N–H and O–H groups in total. The van der Waals surface area contributed by atoms with Gasteiger partial charge in [0.25, 0.3) is 10.0 Å². The van der Waals surface area contributed by atoms with Gasteiger partial charge in [-0.1, -0.05) is 23.7 Å². The number of benzene rings is 1. The van der Waals surface area contributed by atoms with Gasteiger partial charge in [0.15, 0.2) is 0 Å². The maximum atomic E-state index is 12.4. The Bertz CT molecular complexity index is 819. The number of imidazole rings is 1. The highest BCUT2D eigenvalue weighted by Crippen LogP contribution is 2.25. The number of aromatic nitrogens is 2. The number of sulfonamides is 1. The quantitative estimate of drug-likeness (QED) is 0.796. The van der Waals surface area contributed by atoms with Crippen molar-refractivity contribution >= 4 is 21.6 Å². The molecule has 2 aromatic rings. The Balaban J connectivity index is 2.14. The Morgan fingerprint density at radius 2 is 1.88 bits per heavy atom. The second kappa shape index (κ2) is 6.61. The first-order valence-electron chi connectivity index (χ1n) is 6.48. The Morgan fingerprint density at radius 1 is 1.29 bits per heavy atom. The molecule has 0 aliphatic heterocycles. The van der Waals surface area contributed by atoms with E-state index < -0.39 is 16.4 Å². The SMILES string of the molecule is CN(Cc1ccc(OC(F)(F)F)cc1)S(=O)(=O)c1ncn(C)c1Cl. The van der Waals surface area contributed by atoms with E-state index in [4.69, 9.17) is 11.6 Å². The number of aryl methyl sites for hydroxylation is 1. The molecule has 6 nitrogen and oxygen atoms in total. The highest BCUT2D eigenvalue weighted by Gasteiger charge is 2.31. The number of rotatable bonds is 5. The summed E-state index contributed by atoms with van der Waals surface area (Å²) in [5, 5.41) is -0.318. The van der Waals surface area contributed by atoms with E-state index in [1.807, 2.05) is 0 Å². The first-order chi connectivity index (χ1) is 11.0. The first-order valence-corrected chi connectivity index (χ1v) is 8.30. The molecular formula is C13H13ClF3N3O3S. The molecule has 0 amide bonds. The van der Waals surface area contributed by atoms with Gasteiger partial charge in [-0.15, -0.1) is 13.2 Å². The van der Waals surface area contributed by atoms with Crippen LogP contribution in [0.4, 0.5) is 13.2 Å². The zero-order valence-corrected chi connectivity index (χ0v) is 14.2. The van der Waals surface area contributed by atoms with Crippen molar-refractivity contribution in [3.63, 3.8) is 0 Å². The molecule has 1 heterocycles. The van der Waals surface area contributed by atoms with Crippen LogP contribution in [0.1, 0.15) is 5.56 Å². The van der Waals surface area contributed by atoms with Gasteiger partial charge < -0.3 is 9.30 Å². The average molecular weight is 384 g/mol. The third kappa shape index (κ3) is 4.19. The van der Waals surface area contributed by atoms with Gasteiger partial charge in [0.05, 0.1) is 6.33 Å². The topological polar surface area (TPSA) is 64.4 Å². The predicted molar refractivity (Wildman–Crippen MR) is 80.0 cm³/mol. The molecule has 24 heavy (non-hydrogen) atoms. The molecule has 0 spiro atoms. The number of ether oxygens (including phenoxy) is 1. The van der Waals surface area contributed by atoms with Crippen LogP contribution in [0.15, 0.2) is 35.6 Å². The first kappa shape index (κ1) is 18.6. The lowest BCUT2D eigenvalue weighted by atomic mass is 10.2. The van der Waals surface area contributed by atoms with Crippen molar-refractivity contribution in [2.75, 3.05) is 7.05 Å². The molecule has 0 unspecified atom stereocenters. The molecule has 0 saturated heterocycles. The van der Waals surface area contributed by atoms with Crippen molar-refractivity contribution in [1.82, 2.24) is 13.9 Å². The fourth-order valence-corrected chi connectivity index (χ4v) is 3.39. The van der Waals surface area contributed by atoms with Crippen LogP contribution in [-0.2, 0) is 23.6 Å². The summed E-state index contributed by atoms with van der Waals surface area (Å²) in [6.07, 6.45) is -3.51. The van der Waals surface area contributed by atoms with Crippen LogP contribution in [0, 0.1) is 0 Å². The largest absolute Gasteiger partial charge is 0.573 e. The maximum absolute atomic E-state index is 12.4. The van der Waals surface area contributed by atoms with E-state index >= 15 is 0 Å². The lowest BCUT2D eigenvalue weighted by Gasteiger charge is -2.16. The molecule has 132 valence electrons. The number of hydrogen-bond donors (Lipinski definition) is 0. The van der Waals surface area contributed by atoms with E-state index in [9.17, 15) is 21.6 Å². The minimum atomic E-state index is -4.78. The fourth-order valence-electron chi connectivity index (χ4n) is 1.85. The monoisotopic (exact) mass is 383 g/mol. The van der Waals surface area contributed by atoms with Gasteiger partial charge in [-0.3, -0.25) is 0 Å². The zero-order valence-electron chi connectivity index (χ0n) is 12.6. The van der Waals surface area contributed by atoms with Crippen molar-refractivity contribution in [2.45, 2.75) is 17.9 Å². The van der Waals surface area contributed by atoms with Gasteiger partial charge in [-0.05, 0) is 17.7 Å². The van der Waals surface area contributed by atoms with E-state index in [1.54, 1.807) is 7.05 Å². The summed E-state index contributed by atoms with van der Waals surface area (Å²) in [7, 11) is -1.06. The van der Waals surface area contributed by atoms with Crippen LogP contribution < -0.4 is 4.74 Å². The highest BCUT2D eigenvalue weighted by molar-refractivity contribution is 7.89. The summed E-state index contributed by atoms with van der Waals surface area (Å²) < 4.78 is 67.3. The molecule has 1 aromatic heterocycles. The fraction of sp³-hybridized carbons (Fsp3) is 0.308. The van der Waals surface area contributed by atoms with Crippen molar-refractivity contribution < 1.29 is 26.3 Å². The lowest BCUT2D eigenvalue weighted by Crippen LogP contribution is -2.27. The smallest absolute Gasteiger partial charge is 0.406 e. The number of halogens is 4. The molecule has 1 aromatic carbocycles. The molecule has 0 fully saturated rings. The predicted octanol–water partition coefficient (Wildman–Crippen LogP) is 2.79. The van der Waals surface area contributed by atoms with E-state index in [0.29, 0.717) is 5.56 Å². The molecule has 0 bridgehead atoms. The summed E-state index contributed by atoms with van der Waals surface area (Å²) in [5.74, 6) is -0.385. The van der Waals surface area contributed by atoms with E-state index in [-0.39, 0.29) is 22.5 Å². The van der Waals surface area contributed by atoms with Crippen LogP contribution in [0.5, 0.6) is 5.75 Å². The number of alkyl halides is 3. The van der Waals surface area contributed by atoms with Gasteiger partial charge in [0, 0.05) is 20.6 Å². The third-order valence-corrected chi connectivity index (χ3v) is 5.35. The van der Waals surface area contributed by atoms with Crippen LogP contribution in [0.25, 0.3) is 0 Å². The van der Waals surface area contributed by atoms with Gasteiger partial charge in [-0.25, -0.2) is 13.4 Å². The van der Waals surface area contributed by atoms with Crippen LogP contribution in [-0.4, -0.2) is 35.7 Å². The van der Waals surface area contributed by atoms with E-state index in [2.05, 4.69) is 9.72 Å². The minimum Gasteiger partial charge on any atom is -0.406 e. The lowest BCUT2D eigenvalue weighted by molar-refractivity contribution is -0.274. The van der Waals surface area contributed by atoms with Crippen LogP contribution in [0.2, 0.25) is 5.15 Å². The van der Waals surface area contributed by atoms with Crippen LogP contribution >= 0.6 is 11.6 Å². The Kier molecular flexibility index (Phi) is 5.11. The Labute approximate surface area is 141 Å². The van der Waals surface area contributed by atoms with Gasteiger partial charge >= 0.3 is 6.36 Å². The summed E-state index contributed by atoms with van der Waals surface area (Å²) in [6.45, 7) is -0.0679. The molecule has 2 rings (SSSR count). The van der Waals surface area contributed by atoms with Crippen LogP contribution in [0.3, 0.4) is 0 Å². The maximum Gasteiger partial charge on any atom is 0.573 e. The van der Waals surface area contributed by atoms with Gasteiger partial charge in [0.1, 0.15) is 10.9 Å². The van der Waals surface area contributed by atoms with Crippen molar-refractivity contribution in [2.24, 2.45) is 7.05 Å². The highest BCUT2D eigenvalue weighted by atomic mass is 35.5. The van der Waals surface area contributed by atoms with Crippen molar-refractivity contribution in [3.05, 3.63) is 41.3 Å². The second-order valence-corrected chi connectivity index (χ2v) is 7.22. The van der Waals surface area contributed by atoms with E-state index in [0.717, 1.165) is 16.4 Å². The normalized spacial score (nSPS) is 12.6. The minimum absolute atomic E-state index is 0.0317. The van der Waals surface area contributed by atoms with Crippen molar-refractivity contribution in [3.8, 4) is 5.75 Å². The average Bonchev–Trinajstić information content (AvgIpc) is 2.80.